The summed E-state index contributed by atoms with van der Waals surface area (Å²) in [5.41, 5.74) is 3.53. The molecule has 2 heterocycles. The van der Waals surface area contributed by atoms with Crippen LogP contribution in [0, 0.1) is 0 Å². The van der Waals surface area contributed by atoms with Crippen molar-refractivity contribution in [3.05, 3.63) is 66.0 Å². The monoisotopic (exact) mass is 391 g/mol. The summed E-state index contributed by atoms with van der Waals surface area (Å²) in [7, 11) is 0. The molecule has 1 aliphatic heterocycles. The quantitative estimate of drug-likeness (QED) is 0.559. The number of amides is 1. The van der Waals surface area contributed by atoms with Gasteiger partial charge in [-0.1, -0.05) is 48.9 Å². The predicted octanol–water partition coefficient (Wildman–Crippen LogP) is 4.09. The smallest absolute Gasteiger partial charge is 0.249 e. The molecule has 3 aromatic rings. The fourth-order valence-electron chi connectivity index (χ4n) is 3.95. The first-order chi connectivity index (χ1) is 14.3. The molecule has 29 heavy (non-hydrogen) atoms. The normalized spacial score (nSPS) is 16.3. The van der Waals surface area contributed by atoms with Crippen molar-refractivity contribution in [3.8, 4) is 0 Å². The van der Waals surface area contributed by atoms with Crippen molar-refractivity contribution in [2.24, 2.45) is 0 Å². The number of carbonyl (C=O) groups excluding carboxylic acids is 1. The molecule has 5 heteroatoms. The van der Waals surface area contributed by atoms with Crippen LogP contribution in [-0.4, -0.2) is 34.7 Å². The molecule has 2 aromatic carbocycles. The number of unbranched alkanes of at least 4 members (excludes halogenated alkanes) is 2. The molecule has 1 aromatic heterocycles. The second-order valence-electron chi connectivity index (χ2n) is 7.69. The number of hydrogen-bond acceptors (Lipinski definition) is 3. The van der Waals surface area contributed by atoms with E-state index in [9.17, 15) is 4.79 Å². The third-order valence-electron chi connectivity index (χ3n) is 5.52. The number of para-hydroxylation sites is 2. The van der Waals surface area contributed by atoms with E-state index in [2.05, 4.69) is 52.3 Å². The number of imidazole rings is 1. The molecule has 1 fully saturated rings. The van der Waals surface area contributed by atoms with Crippen molar-refractivity contribution >= 4 is 16.9 Å². The highest BCUT2D eigenvalue weighted by Crippen LogP contribution is 2.19. The van der Waals surface area contributed by atoms with E-state index in [4.69, 9.17) is 9.72 Å². The van der Waals surface area contributed by atoms with Crippen molar-refractivity contribution in [2.75, 3.05) is 13.2 Å². The number of nitrogens with zero attached hydrogens (tertiary/aromatic N) is 2. The molecule has 4 rings (SSSR count). The molecule has 0 radical (unpaired) electrons. The number of ether oxygens (including phenoxy) is 1. The maximum Gasteiger partial charge on any atom is 0.249 e. The Morgan fingerprint density at radius 2 is 1.90 bits per heavy atom. The first kappa shape index (κ1) is 19.6. The topological polar surface area (TPSA) is 56.2 Å². The Labute approximate surface area is 172 Å². The van der Waals surface area contributed by atoms with E-state index < -0.39 is 0 Å². The van der Waals surface area contributed by atoms with Crippen molar-refractivity contribution in [1.82, 2.24) is 14.9 Å². The van der Waals surface area contributed by atoms with Gasteiger partial charge in [0, 0.05) is 26.1 Å². The Bertz CT molecular complexity index is 930. The molecule has 1 amide bonds. The van der Waals surface area contributed by atoms with E-state index in [0.29, 0.717) is 6.61 Å². The van der Waals surface area contributed by atoms with Gasteiger partial charge in [-0.2, -0.15) is 0 Å². The molecular formula is C24H29N3O2. The zero-order valence-electron chi connectivity index (χ0n) is 16.8. The van der Waals surface area contributed by atoms with Gasteiger partial charge in [0.25, 0.3) is 0 Å². The molecular weight excluding hydrogens is 362 g/mol. The van der Waals surface area contributed by atoms with Crippen LogP contribution in [0.3, 0.4) is 0 Å². The summed E-state index contributed by atoms with van der Waals surface area (Å²) in [4.78, 5) is 16.9. The van der Waals surface area contributed by atoms with Crippen molar-refractivity contribution < 1.29 is 9.53 Å². The largest absolute Gasteiger partial charge is 0.368 e. The molecule has 1 N–H and O–H groups in total. The van der Waals surface area contributed by atoms with Crippen LogP contribution in [0.4, 0.5) is 0 Å². The number of aryl methyl sites for hydroxylation is 1. The van der Waals surface area contributed by atoms with Crippen molar-refractivity contribution in [3.63, 3.8) is 0 Å². The Hall–Kier alpha value is -2.66. The van der Waals surface area contributed by atoms with Crippen LogP contribution in [0.15, 0.2) is 54.6 Å². The highest BCUT2D eigenvalue weighted by molar-refractivity contribution is 5.80. The van der Waals surface area contributed by atoms with E-state index in [-0.39, 0.29) is 12.0 Å². The average Bonchev–Trinajstić information content (AvgIpc) is 3.40. The number of nitrogens with one attached hydrogen (secondary N) is 1. The van der Waals surface area contributed by atoms with Crippen LogP contribution in [0.1, 0.15) is 43.5 Å². The van der Waals surface area contributed by atoms with Crippen LogP contribution < -0.4 is 5.32 Å². The molecule has 0 spiro atoms. The van der Waals surface area contributed by atoms with E-state index >= 15 is 0 Å². The minimum atomic E-state index is -0.229. The van der Waals surface area contributed by atoms with Gasteiger partial charge in [0.2, 0.25) is 5.91 Å². The highest BCUT2D eigenvalue weighted by Gasteiger charge is 2.22. The summed E-state index contributed by atoms with van der Waals surface area (Å²) >= 11 is 0. The lowest BCUT2D eigenvalue weighted by molar-refractivity contribution is -0.130. The standard InChI is InChI=1S/C24H29N3O2/c28-24(22-14-9-17-29-22)25-16-8-2-5-15-23-26-20-12-6-7-13-21(20)27(23)18-19-10-3-1-4-11-19/h1,3-4,6-7,10-13,22H,2,5,8-9,14-18H2,(H,25,28). The second kappa shape index (κ2) is 9.70. The van der Waals surface area contributed by atoms with Gasteiger partial charge in [-0.15, -0.1) is 0 Å². The minimum absolute atomic E-state index is 0.0483. The van der Waals surface area contributed by atoms with Crippen LogP contribution in [0.25, 0.3) is 11.0 Å². The third-order valence-corrected chi connectivity index (χ3v) is 5.52. The average molecular weight is 392 g/mol. The molecule has 1 unspecified atom stereocenters. The molecule has 1 saturated heterocycles. The predicted molar refractivity (Wildman–Crippen MR) is 115 cm³/mol. The number of hydrogen-bond donors (Lipinski definition) is 1. The van der Waals surface area contributed by atoms with Crippen LogP contribution in [0.5, 0.6) is 0 Å². The lowest BCUT2D eigenvalue weighted by atomic mass is 10.1. The number of rotatable bonds is 9. The SMILES string of the molecule is O=C(NCCCCCc1nc2ccccc2n1Cc1ccccc1)C1CCCO1. The maximum absolute atomic E-state index is 12.0. The number of carbonyl (C=O) groups is 1. The third kappa shape index (κ3) is 5.04. The van der Waals surface area contributed by atoms with Gasteiger partial charge in [-0.05, 0) is 43.4 Å². The van der Waals surface area contributed by atoms with Crippen molar-refractivity contribution in [2.45, 2.75) is 51.2 Å². The van der Waals surface area contributed by atoms with Crippen LogP contribution in [-0.2, 0) is 22.5 Å². The summed E-state index contributed by atoms with van der Waals surface area (Å²) in [6.45, 7) is 2.27. The van der Waals surface area contributed by atoms with E-state index in [1.807, 2.05) is 12.1 Å². The van der Waals surface area contributed by atoms with Crippen molar-refractivity contribution in [1.29, 1.82) is 0 Å². The second-order valence-corrected chi connectivity index (χ2v) is 7.69. The number of fused-ring (bicyclic) bond motifs is 1. The van der Waals surface area contributed by atoms with Gasteiger partial charge in [0.15, 0.2) is 0 Å². The maximum atomic E-state index is 12.0. The molecule has 0 aliphatic carbocycles. The first-order valence-corrected chi connectivity index (χ1v) is 10.7. The summed E-state index contributed by atoms with van der Waals surface area (Å²) in [6, 6.07) is 18.9. The first-order valence-electron chi connectivity index (χ1n) is 10.7. The molecule has 0 bridgehead atoms. The van der Waals surface area contributed by atoms with Gasteiger partial charge in [0.1, 0.15) is 11.9 Å². The zero-order valence-corrected chi connectivity index (χ0v) is 16.8. The lowest BCUT2D eigenvalue weighted by Crippen LogP contribution is -2.34. The van der Waals surface area contributed by atoms with Crippen LogP contribution in [0.2, 0.25) is 0 Å². The molecule has 1 atom stereocenters. The number of aromatic nitrogens is 2. The Morgan fingerprint density at radius 3 is 2.72 bits per heavy atom. The van der Waals surface area contributed by atoms with Gasteiger partial charge in [-0.25, -0.2) is 4.98 Å². The van der Waals surface area contributed by atoms with E-state index in [1.54, 1.807) is 0 Å². The Kier molecular flexibility index (Phi) is 6.57. The summed E-state index contributed by atoms with van der Waals surface area (Å²) < 4.78 is 7.76. The summed E-state index contributed by atoms with van der Waals surface area (Å²) in [6.07, 6.45) is 5.67. The zero-order chi connectivity index (χ0) is 19.9. The Morgan fingerprint density at radius 1 is 1.07 bits per heavy atom. The summed E-state index contributed by atoms with van der Waals surface area (Å²) in [5, 5.41) is 3.00. The van der Waals surface area contributed by atoms with Gasteiger partial charge >= 0.3 is 0 Å². The summed E-state index contributed by atoms with van der Waals surface area (Å²) in [5.74, 6) is 1.19. The fraction of sp³-hybridized carbons (Fsp3) is 0.417. The molecule has 5 nitrogen and oxygen atoms in total. The highest BCUT2D eigenvalue weighted by atomic mass is 16.5. The fourth-order valence-corrected chi connectivity index (χ4v) is 3.95. The van der Waals surface area contributed by atoms with Gasteiger partial charge < -0.3 is 14.6 Å². The molecule has 1 aliphatic rings. The van der Waals surface area contributed by atoms with Gasteiger partial charge in [0.05, 0.1) is 11.0 Å². The number of benzene rings is 2. The molecule has 0 saturated carbocycles. The lowest BCUT2D eigenvalue weighted by Gasteiger charge is -2.11. The minimum Gasteiger partial charge on any atom is -0.368 e. The Balaban J connectivity index is 1.30. The molecule has 152 valence electrons. The van der Waals surface area contributed by atoms with E-state index in [0.717, 1.165) is 63.0 Å². The van der Waals surface area contributed by atoms with Gasteiger partial charge in [-0.3, -0.25) is 4.79 Å². The van der Waals surface area contributed by atoms with E-state index in [1.165, 1.54) is 11.1 Å². The van der Waals surface area contributed by atoms with Crippen LogP contribution >= 0.6 is 0 Å².